The van der Waals surface area contributed by atoms with Crippen molar-refractivity contribution in [3.05, 3.63) is 6.54 Å². The van der Waals surface area contributed by atoms with Gasteiger partial charge in [0.2, 0.25) is 0 Å². The molecule has 0 aromatic heterocycles. The molecular weight excluding hydrogens is 154 g/mol. The van der Waals surface area contributed by atoms with Gasteiger partial charge in [-0.3, -0.25) is 4.99 Å². The quantitative estimate of drug-likeness (QED) is 0.631. The first kappa shape index (κ1) is 9.11. The monoisotopic (exact) mass is 170 g/mol. The van der Waals surface area contributed by atoms with E-state index in [2.05, 4.69) is 18.8 Å². The molecule has 0 N–H and O–H groups in total. The molecule has 1 atom stereocenters. The number of hydrogen-bond donors (Lipinski definition) is 0. The highest BCUT2D eigenvalue weighted by molar-refractivity contribution is 8.14. The Kier molecular flexibility index (Phi) is 3.98. The van der Waals surface area contributed by atoms with E-state index in [-0.39, 0.29) is 0 Å². The maximum absolute atomic E-state index is 4.34. The van der Waals surface area contributed by atoms with Gasteiger partial charge in [0.25, 0.3) is 0 Å². The molecule has 0 bridgehead atoms. The first-order valence-electron chi connectivity index (χ1n) is 4.36. The second-order valence-electron chi connectivity index (χ2n) is 3.00. The average molecular weight is 170 g/mol. The molecule has 0 fully saturated rings. The van der Waals surface area contributed by atoms with Gasteiger partial charge in [-0.1, -0.05) is 26.7 Å². The van der Waals surface area contributed by atoms with E-state index in [4.69, 9.17) is 0 Å². The molecule has 1 aliphatic heterocycles. The van der Waals surface area contributed by atoms with Crippen molar-refractivity contribution in [3.63, 3.8) is 0 Å². The van der Waals surface area contributed by atoms with Crippen LogP contribution in [0.3, 0.4) is 0 Å². The fraction of sp³-hybridized carbons (Fsp3) is 0.778. The van der Waals surface area contributed by atoms with Crippen LogP contribution < -0.4 is 0 Å². The van der Waals surface area contributed by atoms with E-state index < -0.39 is 0 Å². The van der Waals surface area contributed by atoms with Crippen molar-refractivity contribution < 1.29 is 0 Å². The maximum atomic E-state index is 4.34. The van der Waals surface area contributed by atoms with Crippen molar-refractivity contribution in [1.29, 1.82) is 0 Å². The number of rotatable bonds is 4. The van der Waals surface area contributed by atoms with Crippen molar-refractivity contribution in [1.82, 2.24) is 0 Å². The molecule has 1 unspecified atom stereocenters. The Balaban J connectivity index is 2.23. The van der Waals surface area contributed by atoms with Crippen LogP contribution in [0.25, 0.3) is 0 Å². The van der Waals surface area contributed by atoms with Gasteiger partial charge < -0.3 is 0 Å². The summed E-state index contributed by atoms with van der Waals surface area (Å²) in [6.45, 7) is 6.53. The average Bonchev–Trinajstić information content (AvgIpc) is 2.52. The predicted molar refractivity (Wildman–Crippen MR) is 52.9 cm³/mol. The van der Waals surface area contributed by atoms with Crippen LogP contribution in [0.1, 0.15) is 33.1 Å². The van der Waals surface area contributed by atoms with Gasteiger partial charge >= 0.3 is 0 Å². The van der Waals surface area contributed by atoms with Gasteiger partial charge in [0.15, 0.2) is 0 Å². The first-order chi connectivity index (χ1) is 5.34. The lowest BCUT2D eigenvalue weighted by atomic mass is 10.1. The van der Waals surface area contributed by atoms with Gasteiger partial charge in [-0.15, -0.1) is 11.8 Å². The van der Waals surface area contributed by atoms with Crippen LogP contribution in [0, 0.1) is 12.5 Å². The summed E-state index contributed by atoms with van der Waals surface area (Å²) in [5.41, 5.74) is 0. The second-order valence-corrected chi connectivity index (χ2v) is 4.04. The van der Waals surface area contributed by atoms with Crippen molar-refractivity contribution in [2.75, 3.05) is 5.75 Å². The fourth-order valence-electron chi connectivity index (χ4n) is 1.19. The molecule has 0 amide bonds. The topological polar surface area (TPSA) is 12.4 Å². The van der Waals surface area contributed by atoms with Gasteiger partial charge in [-0.2, -0.15) is 0 Å². The third kappa shape index (κ3) is 2.86. The minimum absolute atomic E-state index is 0.693. The van der Waals surface area contributed by atoms with E-state index in [1.54, 1.807) is 0 Å². The molecular formula is C9H16NS. The van der Waals surface area contributed by atoms with E-state index in [0.717, 1.165) is 5.75 Å². The zero-order chi connectivity index (χ0) is 8.10. The Morgan fingerprint density at radius 1 is 1.73 bits per heavy atom. The van der Waals surface area contributed by atoms with E-state index in [9.17, 15) is 0 Å². The number of nitrogens with zero attached hydrogens (tertiary/aromatic N) is 1. The molecule has 0 aromatic carbocycles. The molecule has 1 nitrogen and oxygen atoms in total. The van der Waals surface area contributed by atoms with Gasteiger partial charge in [-0.25, -0.2) is 0 Å². The van der Waals surface area contributed by atoms with Crippen LogP contribution in [0.2, 0.25) is 0 Å². The molecule has 1 aliphatic rings. The Morgan fingerprint density at radius 3 is 3.09 bits per heavy atom. The Morgan fingerprint density at radius 2 is 2.55 bits per heavy atom. The molecule has 0 saturated carbocycles. The SMILES string of the molecule is CCCCC(C)C1=N[CH]CS1. The van der Waals surface area contributed by atoms with E-state index in [0.29, 0.717) is 5.92 Å². The molecule has 1 rings (SSSR count). The Hall–Kier alpha value is 0.0200. The summed E-state index contributed by atoms with van der Waals surface area (Å²) in [7, 11) is 0. The van der Waals surface area contributed by atoms with Crippen molar-refractivity contribution in [2.45, 2.75) is 33.1 Å². The lowest BCUT2D eigenvalue weighted by Crippen LogP contribution is -2.04. The van der Waals surface area contributed by atoms with Gasteiger partial charge in [0.05, 0.1) is 11.6 Å². The van der Waals surface area contributed by atoms with Crippen LogP contribution in [0.5, 0.6) is 0 Å². The molecule has 0 spiro atoms. The molecule has 1 radical (unpaired) electrons. The Bertz CT molecular complexity index is 142. The highest BCUT2D eigenvalue weighted by Gasteiger charge is 2.14. The minimum atomic E-state index is 0.693. The number of hydrogen-bond acceptors (Lipinski definition) is 2. The second kappa shape index (κ2) is 4.81. The van der Waals surface area contributed by atoms with Crippen molar-refractivity contribution >= 4 is 16.8 Å². The molecule has 2 heteroatoms. The minimum Gasteiger partial charge on any atom is -0.276 e. The molecule has 0 aliphatic carbocycles. The number of aliphatic imine (C=N–C) groups is 1. The summed E-state index contributed by atoms with van der Waals surface area (Å²) in [5, 5.41) is 1.35. The van der Waals surface area contributed by atoms with Crippen LogP contribution in [-0.2, 0) is 0 Å². The van der Waals surface area contributed by atoms with Crippen LogP contribution in [-0.4, -0.2) is 10.8 Å². The zero-order valence-electron chi connectivity index (χ0n) is 7.34. The van der Waals surface area contributed by atoms with Gasteiger partial charge in [-0.05, 0) is 6.42 Å². The third-order valence-electron chi connectivity index (χ3n) is 1.94. The Labute approximate surface area is 73.7 Å². The first-order valence-corrected chi connectivity index (χ1v) is 5.35. The third-order valence-corrected chi connectivity index (χ3v) is 3.06. The van der Waals surface area contributed by atoms with E-state index >= 15 is 0 Å². The zero-order valence-corrected chi connectivity index (χ0v) is 8.16. The molecule has 1 heterocycles. The molecule has 63 valence electrons. The predicted octanol–water partition coefficient (Wildman–Crippen LogP) is 3.12. The molecule has 0 aromatic rings. The summed E-state index contributed by atoms with van der Waals surface area (Å²) in [6, 6.07) is 0. The molecule has 11 heavy (non-hydrogen) atoms. The summed E-state index contributed by atoms with van der Waals surface area (Å²) < 4.78 is 0. The maximum Gasteiger partial charge on any atom is 0.0835 e. The highest BCUT2D eigenvalue weighted by atomic mass is 32.2. The lowest BCUT2D eigenvalue weighted by Gasteiger charge is -2.08. The lowest BCUT2D eigenvalue weighted by molar-refractivity contribution is 0.630. The smallest absolute Gasteiger partial charge is 0.0835 e. The summed E-state index contributed by atoms with van der Waals surface area (Å²) in [6.07, 6.45) is 3.93. The van der Waals surface area contributed by atoms with Gasteiger partial charge in [0.1, 0.15) is 0 Å². The normalized spacial score (nSPS) is 20.0. The number of thioether (sulfide) groups is 1. The van der Waals surface area contributed by atoms with Crippen molar-refractivity contribution in [3.8, 4) is 0 Å². The van der Waals surface area contributed by atoms with Crippen LogP contribution in [0.15, 0.2) is 4.99 Å². The van der Waals surface area contributed by atoms with E-state index in [1.165, 1.54) is 24.3 Å². The van der Waals surface area contributed by atoms with Gasteiger partial charge in [0, 0.05) is 11.7 Å². The number of unbranched alkanes of at least 4 members (excludes halogenated alkanes) is 1. The summed E-state index contributed by atoms with van der Waals surface area (Å²) >= 11 is 1.90. The van der Waals surface area contributed by atoms with Crippen LogP contribution in [0.4, 0.5) is 0 Å². The van der Waals surface area contributed by atoms with Crippen LogP contribution >= 0.6 is 11.8 Å². The standard InChI is InChI=1S/C9H16NS/c1-3-4-5-8(2)9-10-6-7-11-9/h6,8H,3-5,7H2,1-2H3. The highest BCUT2D eigenvalue weighted by Crippen LogP contribution is 2.23. The summed E-state index contributed by atoms with van der Waals surface area (Å²) in [4.78, 5) is 4.34. The van der Waals surface area contributed by atoms with E-state index in [1.807, 2.05) is 18.3 Å². The summed E-state index contributed by atoms with van der Waals surface area (Å²) in [5.74, 6) is 1.78. The van der Waals surface area contributed by atoms with Crippen molar-refractivity contribution in [2.24, 2.45) is 10.9 Å². The fourth-order valence-corrected chi connectivity index (χ4v) is 2.06. The molecule has 0 saturated heterocycles. The largest absolute Gasteiger partial charge is 0.276 e.